The topological polar surface area (TPSA) is 107 Å². The van der Waals surface area contributed by atoms with Crippen LogP contribution >= 0.6 is 22.9 Å². The Morgan fingerprint density at radius 2 is 1.85 bits per heavy atom. The van der Waals surface area contributed by atoms with Crippen molar-refractivity contribution < 1.29 is 14.7 Å². The van der Waals surface area contributed by atoms with E-state index in [0.717, 1.165) is 26.9 Å². The number of fused-ring (bicyclic) bond motifs is 1. The largest absolute Gasteiger partial charge is 0.388 e. The fourth-order valence-corrected chi connectivity index (χ4v) is 4.60. The Hall–Kier alpha value is -3.20. The van der Waals surface area contributed by atoms with Crippen LogP contribution in [0.3, 0.4) is 0 Å². The third-order valence-electron chi connectivity index (χ3n) is 5.27. The molecule has 4 aromatic rings. The zero-order valence-corrected chi connectivity index (χ0v) is 20.3. The molecule has 2 amide bonds. The first kappa shape index (κ1) is 23.9. The number of hydrogen-bond acceptors (Lipinski definition) is 5. The van der Waals surface area contributed by atoms with Crippen molar-refractivity contribution in [3.63, 3.8) is 0 Å². The first-order chi connectivity index (χ1) is 16.3. The average Bonchev–Trinajstić information content (AvgIpc) is 3.46. The second-order valence-electron chi connectivity index (χ2n) is 8.24. The SMILES string of the molecule is CC(C)NC(=O)c1n[nH]c2cc(-c3ccc(C(=O)NCC[C@H](O)c4ccc(Cl)cc4)s3)ccc12. The molecule has 0 radical (unpaired) electrons. The lowest BCUT2D eigenvalue weighted by molar-refractivity contribution is 0.0933. The van der Waals surface area contributed by atoms with Gasteiger partial charge >= 0.3 is 0 Å². The van der Waals surface area contributed by atoms with Crippen LogP contribution in [0.15, 0.2) is 54.6 Å². The van der Waals surface area contributed by atoms with Gasteiger partial charge in [0, 0.05) is 27.9 Å². The number of amides is 2. The second-order valence-corrected chi connectivity index (χ2v) is 9.76. The van der Waals surface area contributed by atoms with Gasteiger partial charge in [-0.3, -0.25) is 14.7 Å². The Morgan fingerprint density at radius 1 is 1.09 bits per heavy atom. The van der Waals surface area contributed by atoms with E-state index in [2.05, 4.69) is 20.8 Å². The van der Waals surface area contributed by atoms with E-state index in [1.54, 1.807) is 30.3 Å². The van der Waals surface area contributed by atoms with Gasteiger partial charge in [-0.2, -0.15) is 5.10 Å². The Labute approximate surface area is 206 Å². The molecule has 0 bridgehead atoms. The molecule has 9 heteroatoms. The number of aliphatic hydroxyl groups excluding tert-OH is 1. The maximum atomic E-state index is 12.6. The smallest absolute Gasteiger partial charge is 0.272 e. The molecule has 0 saturated carbocycles. The number of nitrogens with one attached hydrogen (secondary N) is 3. The number of thiophene rings is 1. The Morgan fingerprint density at radius 3 is 2.59 bits per heavy atom. The number of aliphatic hydroxyl groups is 1. The maximum absolute atomic E-state index is 12.6. The predicted octanol–water partition coefficient (Wildman–Crippen LogP) is 4.94. The maximum Gasteiger partial charge on any atom is 0.272 e. The van der Waals surface area contributed by atoms with Gasteiger partial charge in [0.2, 0.25) is 0 Å². The van der Waals surface area contributed by atoms with Crippen LogP contribution in [0.25, 0.3) is 21.3 Å². The molecule has 0 fully saturated rings. The molecule has 0 aliphatic heterocycles. The molecular weight excluding hydrogens is 472 g/mol. The van der Waals surface area contributed by atoms with Gasteiger partial charge in [-0.1, -0.05) is 29.8 Å². The molecule has 0 aliphatic rings. The van der Waals surface area contributed by atoms with Gasteiger partial charge in [0.25, 0.3) is 11.8 Å². The van der Waals surface area contributed by atoms with E-state index in [4.69, 9.17) is 11.6 Å². The number of aromatic nitrogens is 2. The number of nitrogens with zero attached hydrogens (tertiary/aromatic N) is 1. The number of H-pyrrole nitrogens is 1. The average molecular weight is 497 g/mol. The molecule has 0 saturated heterocycles. The Balaban J connectivity index is 1.39. The number of benzene rings is 2. The summed E-state index contributed by atoms with van der Waals surface area (Å²) in [6, 6.07) is 16.4. The van der Waals surface area contributed by atoms with Crippen LogP contribution in [-0.2, 0) is 0 Å². The fraction of sp³-hybridized carbons (Fsp3) is 0.240. The molecule has 2 heterocycles. The van der Waals surface area contributed by atoms with Gasteiger partial charge in [-0.25, -0.2) is 0 Å². The van der Waals surface area contributed by atoms with Gasteiger partial charge in [-0.15, -0.1) is 11.3 Å². The predicted molar refractivity (Wildman–Crippen MR) is 135 cm³/mol. The van der Waals surface area contributed by atoms with Crippen LogP contribution < -0.4 is 10.6 Å². The molecule has 7 nitrogen and oxygen atoms in total. The summed E-state index contributed by atoms with van der Waals surface area (Å²) in [7, 11) is 0. The van der Waals surface area contributed by atoms with E-state index >= 15 is 0 Å². The molecule has 34 heavy (non-hydrogen) atoms. The summed E-state index contributed by atoms with van der Waals surface area (Å²) in [5.41, 5.74) is 2.80. The summed E-state index contributed by atoms with van der Waals surface area (Å²) in [5, 5.41) is 24.4. The first-order valence-electron chi connectivity index (χ1n) is 10.9. The number of carbonyl (C=O) groups excluding carboxylic acids is 2. The molecule has 2 aromatic heterocycles. The summed E-state index contributed by atoms with van der Waals surface area (Å²) in [6.07, 6.45) is -0.278. The normalized spacial score (nSPS) is 12.1. The van der Waals surface area contributed by atoms with Crippen LogP contribution in [0.5, 0.6) is 0 Å². The molecular formula is C25H25ClN4O3S. The van der Waals surface area contributed by atoms with E-state index in [1.807, 2.05) is 38.1 Å². The summed E-state index contributed by atoms with van der Waals surface area (Å²) < 4.78 is 0. The number of carbonyl (C=O) groups is 2. The molecule has 1 atom stereocenters. The molecule has 4 N–H and O–H groups in total. The lowest BCUT2D eigenvalue weighted by Gasteiger charge is -2.11. The van der Waals surface area contributed by atoms with E-state index in [0.29, 0.717) is 28.6 Å². The van der Waals surface area contributed by atoms with Gasteiger partial charge in [0.1, 0.15) is 0 Å². The number of rotatable bonds is 8. The zero-order valence-electron chi connectivity index (χ0n) is 18.8. The van der Waals surface area contributed by atoms with Gasteiger partial charge in [0.15, 0.2) is 5.69 Å². The molecule has 4 rings (SSSR count). The summed E-state index contributed by atoms with van der Waals surface area (Å²) in [6.45, 7) is 4.14. The van der Waals surface area contributed by atoms with E-state index in [-0.39, 0.29) is 17.9 Å². The molecule has 176 valence electrons. The number of aromatic amines is 1. The highest BCUT2D eigenvalue weighted by Gasteiger charge is 2.16. The van der Waals surface area contributed by atoms with Gasteiger partial charge in [-0.05, 0) is 67.8 Å². The minimum absolute atomic E-state index is 0.0231. The monoisotopic (exact) mass is 496 g/mol. The third-order valence-corrected chi connectivity index (χ3v) is 6.66. The highest BCUT2D eigenvalue weighted by molar-refractivity contribution is 7.17. The highest BCUT2D eigenvalue weighted by Crippen LogP contribution is 2.31. The van der Waals surface area contributed by atoms with Crippen molar-refractivity contribution in [1.29, 1.82) is 0 Å². The Bertz CT molecular complexity index is 1310. The van der Waals surface area contributed by atoms with Crippen LogP contribution in [0, 0.1) is 0 Å². The first-order valence-corrected chi connectivity index (χ1v) is 12.1. The van der Waals surface area contributed by atoms with Crippen LogP contribution in [-0.4, -0.2) is 39.7 Å². The lowest BCUT2D eigenvalue weighted by atomic mass is 10.1. The van der Waals surface area contributed by atoms with Crippen molar-refractivity contribution in [3.8, 4) is 10.4 Å². The van der Waals surface area contributed by atoms with Gasteiger partial charge < -0.3 is 15.7 Å². The lowest BCUT2D eigenvalue weighted by Crippen LogP contribution is -2.30. The minimum Gasteiger partial charge on any atom is -0.388 e. The third kappa shape index (κ3) is 5.47. The van der Waals surface area contributed by atoms with E-state index in [1.165, 1.54) is 11.3 Å². The minimum atomic E-state index is -0.676. The van der Waals surface area contributed by atoms with E-state index < -0.39 is 6.10 Å². The van der Waals surface area contributed by atoms with Crippen molar-refractivity contribution in [2.45, 2.75) is 32.4 Å². The van der Waals surface area contributed by atoms with Crippen LogP contribution in [0.1, 0.15) is 52.1 Å². The molecule has 0 aliphatic carbocycles. The van der Waals surface area contributed by atoms with Crippen molar-refractivity contribution in [1.82, 2.24) is 20.8 Å². The standard InChI is InChI=1S/C25H25ClN4O3S/c1-14(2)28-25(33)23-18-8-5-16(13-19(18)29-30-23)21-9-10-22(34-21)24(32)27-12-11-20(31)15-3-6-17(26)7-4-15/h3-10,13-14,20,31H,11-12H2,1-2H3,(H,27,32)(H,28,33)(H,29,30)/t20-/m0/s1. The van der Waals surface area contributed by atoms with E-state index in [9.17, 15) is 14.7 Å². The Kier molecular flexibility index (Phi) is 7.31. The zero-order chi connectivity index (χ0) is 24.2. The van der Waals surface area contributed by atoms with Crippen molar-refractivity contribution >= 4 is 45.7 Å². The molecule has 2 aromatic carbocycles. The number of halogens is 1. The summed E-state index contributed by atoms with van der Waals surface area (Å²) in [5.74, 6) is -0.403. The molecule has 0 unspecified atom stereocenters. The fourth-order valence-electron chi connectivity index (χ4n) is 3.55. The van der Waals surface area contributed by atoms with Crippen molar-refractivity contribution in [3.05, 3.63) is 75.8 Å². The number of hydrogen-bond donors (Lipinski definition) is 4. The highest BCUT2D eigenvalue weighted by atomic mass is 35.5. The second kappa shape index (κ2) is 10.4. The van der Waals surface area contributed by atoms with Crippen molar-refractivity contribution in [2.24, 2.45) is 0 Å². The van der Waals surface area contributed by atoms with Crippen LogP contribution in [0.2, 0.25) is 5.02 Å². The molecule has 0 spiro atoms. The summed E-state index contributed by atoms with van der Waals surface area (Å²) in [4.78, 5) is 26.4. The van der Waals surface area contributed by atoms with Crippen molar-refractivity contribution in [2.75, 3.05) is 6.54 Å². The van der Waals surface area contributed by atoms with Gasteiger partial charge in [0.05, 0.1) is 16.5 Å². The summed E-state index contributed by atoms with van der Waals surface area (Å²) >= 11 is 7.25. The quantitative estimate of drug-likeness (QED) is 0.277. The van der Waals surface area contributed by atoms with Crippen LogP contribution in [0.4, 0.5) is 0 Å².